The van der Waals surface area contributed by atoms with Crippen molar-refractivity contribution >= 4 is 67.6 Å². The summed E-state index contributed by atoms with van der Waals surface area (Å²) < 4.78 is 12.1. The van der Waals surface area contributed by atoms with Crippen molar-refractivity contribution in [3.63, 3.8) is 0 Å². The Kier molecular flexibility index (Phi) is 5.94. The summed E-state index contributed by atoms with van der Waals surface area (Å²) in [4.78, 5) is 25.7. The van der Waals surface area contributed by atoms with Gasteiger partial charge in [0, 0.05) is 10.5 Å². The van der Waals surface area contributed by atoms with Gasteiger partial charge in [-0.05, 0) is 42.5 Å². The minimum atomic E-state index is -0.497. The van der Waals surface area contributed by atoms with E-state index in [1.165, 1.54) is 18.1 Å². The van der Waals surface area contributed by atoms with Crippen LogP contribution in [-0.4, -0.2) is 22.3 Å². The van der Waals surface area contributed by atoms with Crippen molar-refractivity contribution in [3.8, 4) is 17.1 Å². The van der Waals surface area contributed by atoms with Crippen molar-refractivity contribution in [1.29, 1.82) is 0 Å². The number of nitrogens with zero attached hydrogens (tertiary/aromatic N) is 2. The Hall–Kier alpha value is -2.95. The molecule has 4 rings (SSSR count). The number of amides is 1. The van der Waals surface area contributed by atoms with Crippen LogP contribution >= 0.6 is 39.9 Å². The second-order valence-electron chi connectivity index (χ2n) is 6.34. The zero-order valence-electron chi connectivity index (χ0n) is 15.9. The van der Waals surface area contributed by atoms with Crippen LogP contribution in [0.4, 0.5) is 11.4 Å². The maximum absolute atomic E-state index is 12.9. The molecule has 2 heterocycles. The number of nitro benzene ring substituents is 1. The second kappa shape index (κ2) is 8.66. The molecule has 7 nitrogen and oxygen atoms in total. The Bertz CT molecular complexity index is 1250. The molecule has 0 radical (unpaired) electrons. The highest BCUT2D eigenvalue weighted by atomic mass is 79.9. The SMILES string of the molecule is COc1ccc(-c2ccc(/C=C3/SC(=S)N(c4cccc(Br)c4)C3=O)o2)c([N+](=O)[O-])c1. The standard InChI is InChI=1S/C21H13BrN2O5S2/c1-28-14-5-7-16(17(10-14)24(26)27)18-8-6-15(29-18)11-19-20(25)23(21(30)31-19)13-4-2-3-12(22)9-13/h2-11H,1H3/b19-11+. The molecule has 31 heavy (non-hydrogen) atoms. The molecule has 0 atom stereocenters. The summed E-state index contributed by atoms with van der Waals surface area (Å²) in [5.74, 6) is 0.804. The van der Waals surface area contributed by atoms with Gasteiger partial charge in [0.15, 0.2) is 4.32 Å². The molecule has 0 spiro atoms. The van der Waals surface area contributed by atoms with E-state index in [0.29, 0.717) is 37.7 Å². The predicted molar refractivity (Wildman–Crippen MR) is 127 cm³/mol. The Morgan fingerprint density at radius 2 is 2.03 bits per heavy atom. The number of carbonyl (C=O) groups excluding carboxylic acids is 1. The number of furan rings is 1. The van der Waals surface area contributed by atoms with Gasteiger partial charge in [-0.3, -0.25) is 19.8 Å². The summed E-state index contributed by atoms with van der Waals surface area (Å²) in [6, 6.07) is 15.1. The first kappa shape index (κ1) is 21.3. The van der Waals surface area contributed by atoms with Crippen molar-refractivity contribution in [3.05, 3.63) is 79.8 Å². The van der Waals surface area contributed by atoms with Gasteiger partial charge in [-0.1, -0.05) is 46.0 Å². The number of benzene rings is 2. The first-order valence-corrected chi connectivity index (χ1v) is 10.9. The zero-order valence-corrected chi connectivity index (χ0v) is 19.1. The van der Waals surface area contributed by atoms with E-state index in [9.17, 15) is 14.9 Å². The van der Waals surface area contributed by atoms with Crippen LogP contribution in [-0.2, 0) is 4.79 Å². The maximum Gasteiger partial charge on any atom is 0.284 e. The minimum absolute atomic E-state index is 0.138. The van der Waals surface area contributed by atoms with Crippen molar-refractivity contribution in [2.75, 3.05) is 12.0 Å². The fourth-order valence-corrected chi connectivity index (χ4v) is 4.67. The fraction of sp³-hybridized carbons (Fsp3) is 0.0476. The van der Waals surface area contributed by atoms with Crippen LogP contribution in [0.15, 0.2) is 68.4 Å². The third-order valence-electron chi connectivity index (χ3n) is 4.43. The number of hydrogen-bond acceptors (Lipinski definition) is 7. The lowest BCUT2D eigenvalue weighted by atomic mass is 10.1. The average Bonchev–Trinajstić information content (AvgIpc) is 3.31. The number of thioether (sulfide) groups is 1. The van der Waals surface area contributed by atoms with Crippen molar-refractivity contribution in [1.82, 2.24) is 0 Å². The summed E-state index contributed by atoms with van der Waals surface area (Å²) >= 11 is 9.94. The highest BCUT2D eigenvalue weighted by Crippen LogP contribution is 2.38. The molecule has 1 saturated heterocycles. The molecule has 0 bridgehead atoms. The van der Waals surface area contributed by atoms with E-state index in [0.717, 1.165) is 16.2 Å². The molecule has 0 N–H and O–H groups in total. The number of ether oxygens (including phenoxy) is 1. The molecule has 10 heteroatoms. The van der Waals surface area contributed by atoms with Crippen LogP contribution in [0, 0.1) is 10.1 Å². The zero-order chi connectivity index (χ0) is 22.1. The van der Waals surface area contributed by atoms with E-state index in [1.54, 1.807) is 36.4 Å². The molecule has 0 aliphatic carbocycles. The second-order valence-corrected chi connectivity index (χ2v) is 8.93. The van der Waals surface area contributed by atoms with Crippen molar-refractivity contribution in [2.24, 2.45) is 0 Å². The topological polar surface area (TPSA) is 85.8 Å². The lowest BCUT2D eigenvalue weighted by molar-refractivity contribution is -0.384. The van der Waals surface area contributed by atoms with Crippen LogP contribution in [0.1, 0.15) is 5.76 Å². The largest absolute Gasteiger partial charge is 0.497 e. The van der Waals surface area contributed by atoms with Gasteiger partial charge >= 0.3 is 0 Å². The van der Waals surface area contributed by atoms with Gasteiger partial charge in [-0.25, -0.2) is 0 Å². The Morgan fingerprint density at radius 3 is 2.74 bits per heavy atom. The van der Waals surface area contributed by atoms with Gasteiger partial charge in [0.2, 0.25) is 0 Å². The van der Waals surface area contributed by atoms with E-state index in [-0.39, 0.29) is 11.6 Å². The minimum Gasteiger partial charge on any atom is -0.497 e. The average molecular weight is 517 g/mol. The van der Waals surface area contributed by atoms with Crippen LogP contribution in [0.2, 0.25) is 0 Å². The first-order valence-electron chi connectivity index (χ1n) is 8.83. The van der Waals surface area contributed by atoms with Crippen LogP contribution in [0.25, 0.3) is 17.4 Å². The number of halogens is 1. The lowest BCUT2D eigenvalue weighted by Gasteiger charge is -2.14. The molecule has 156 valence electrons. The maximum atomic E-state index is 12.9. The molecule has 1 aliphatic rings. The molecule has 2 aromatic carbocycles. The van der Waals surface area contributed by atoms with Gasteiger partial charge in [0.25, 0.3) is 11.6 Å². The summed E-state index contributed by atoms with van der Waals surface area (Å²) in [7, 11) is 1.44. The Morgan fingerprint density at radius 1 is 1.23 bits per heavy atom. The van der Waals surface area contributed by atoms with Gasteiger partial charge in [-0.2, -0.15) is 0 Å². The number of rotatable bonds is 5. The predicted octanol–water partition coefficient (Wildman–Crippen LogP) is 6.03. The normalized spacial score (nSPS) is 15.0. The molecule has 1 fully saturated rings. The van der Waals surface area contributed by atoms with Gasteiger partial charge in [-0.15, -0.1) is 0 Å². The molecule has 0 unspecified atom stereocenters. The third-order valence-corrected chi connectivity index (χ3v) is 6.22. The van der Waals surface area contributed by atoms with Crippen LogP contribution < -0.4 is 9.64 Å². The summed E-state index contributed by atoms with van der Waals surface area (Å²) in [5, 5.41) is 11.4. The number of thiocarbonyl (C=S) groups is 1. The van der Waals surface area contributed by atoms with E-state index < -0.39 is 4.92 Å². The quantitative estimate of drug-likeness (QED) is 0.177. The monoisotopic (exact) mass is 516 g/mol. The van der Waals surface area contributed by atoms with E-state index in [4.69, 9.17) is 21.4 Å². The molecule has 3 aromatic rings. The van der Waals surface area contributed by atoms with Gasteiger partial charge in [0.05, 0.1) is 34.3 Å². The highest BCUT2D eigenvalue weighted by molar-refractivity contribution is 9.10. The summed E-state index contributed by atoms with van der Waals surface area (Å²) in [6.07, 6.45) is 1.58. The third kappa shape index (κ3) is 4.27. The lowest BCUT2D eigenvalue weighted by Crippen LogP contribution is -2.27. The molecular formula is C21H13BrN2O5S2. The molecule has 1 aliphatic heterocycles. The molecule has 0 saturated carbocycles. The molecule has 1 amide bonds. The number of hydrogen-bond donors (Lipinski definition) is 0. The smallest absolute Gasteiger partial charge is 0.284 e. The van der Waals surface area contributed by atoms with Crippen LogP contribution in [0.5, 0.6) is 5.75 Å². The van der Waals surface area contributed by atoms with Gasteiger partial charge < -0.3 is 9.15 Å². The van der Waals surface area contributed by atoms with Gasteiger partial charge in [0.1, 0.15) is 17.3 Å². The highest BCUT2D eigenvalue weighted by Gasteiger charge is 2.33. The fourth-order valence-electron chi connectivity index (χ4n) is 3.01. The van der Waals surface area contributed by atoms with E-state index >= 15 is 0 Å². The summed E-state index contributed by atoms with van der Waals surface area (Å²) in [5.41, 5.74) is 0.836. The Balaban J connectivity index is 1.64. The first-order chi connectivity index (χ1) is 14.9. The Labute approximate surface area is 195 Å². The number of methoxy groups -OCH3 is 1. The number of carbonyl (C=O) groups is 1. The van der Waals surface area contributed by atoms with E-state index in [2.05, 4.69) is 15.9 Å². The summed E-state index contributed by atoms with van der Waals surface area (Å²) in [6.45, 7) is 0. The number of anilines is 1. The van der Waals surface area contributed by atoms with E-state index in [1.807, 2.05) is 18.2 Å². The number of nitro groups is 1. The molecule has 1 aromatic heterocycles. The van der Waals surface area contributed by atoms with Crippen LogP contribution in [0.3, 0.4) is 0 Å². The van der Waals surface area contributed by atoms with Crippen molar-refractivity contribution < 1.29 is 18.9 Å². The molecular weight excluding hydrogens is 504 g/mol. The van der Waals surface area contributed by atoms with Crippen molar-refractivity contribution in [2.45, 2.75) is 0 Å².